The Hall–Kier alpha value is -2.62. The molecule has 108 valence electrons. The van der Waals surface area contributed by atoms with Gasteiger partial charge in [-0.3, -0.25) is 0 Å². The summed E-state index contributed by atoms with van der Waals surface area (Å²) in [6.45, 7) is 4.01. The third-order valence-corrected chi connectivity index (χ3v) is 3.12. The molecule has 0 saturated heterocycles. The summed E-state index contributed by atoms with van der Waals surface area (Å²) in [5, 5.41) is 5.35. The minimum atomic E-state index is -0.323. The van der Waals surface area contributed by atoms with Gasteiger partial charge < -0.3 is 10.6 Å². The van der Waals surface area contributed by atoms with Gasteiger partial charge in [0, 0.05) is 11.9 Å². The summed E-state index contributed by atoms with van der Waals surface area (Å²) in [5.74, 6) is -0.285. The molecule has 2 rings (SSSR count). The maximum Gasteiger partial charge on any atom is 0.323 e. The van der Waals surface area contributed by atoms with Crippen molar-refractivity contribution in [2.75, 3.05) is 5.32 Å². The van der Waals surface area contributed by atoms with E-state index in [1.165, 1.54) is 23.9 Å². The molecule has 4 heteroatoms. The normalized spacial score (nSPS) is 10.6. The lowest BCUT2D eigenvalue weighted by Crippen LogP contribution is -2.23. The summed E-state index contributed by atoms with van der Waals surface area (Å²) in [4.78, 5) is 11.7. The second kappa shape index (κ2) is 6.70. The zero-order valence-corrected chi connectivity index (χ0v) is 12.0. The molecule has 0 radical (unpaired) electrons. The molecule has 0 unspecified atom stereocenters. The third-order valence-electron chi connectivity index (χ3n) is 3.12. The van der Waals surface area contributed by atoms with Crippen LogP contribution >= 0.6 is 0 Å². The Morgan fingerprint density at radius 1 is 1.05 bits per heavy atom. The number of aryl methyl sites for hydroxylation is 2. The number of hydrogen-bond acceptors (Lipinski definition) is 1. The van der Waals surface area contributed by atoms with E-state index in [2.05, 4.69) is 10.6 Å². The summed E-state index contributed by atoms with van der Waals surface area (Å²) in [6, 6.07) is 11.4. The number of anilines is 1. The van der Waals surface area contributed by atoms with Crippen molar-refractivity contribution in [1.82, 2.24) is 5.32 Å². The maximum absolute atomic E-state index is 12.7. The zero-order valence-electron chi connectivity index (χ0n) is 12.0. The molecule has 0 spiro atoms. The minimum Gasteiger partial charge on any atom is -0.314 e. The predicted octanol–water partition coefficient (Wildman–Crippen LogP) is 4.23. The summed E-state index contributed by atoms with van der Waals surface area (Å²) in [7, 11) is 0. The number of amides is 2. The van der Waals surface area contributed by atoms with Gasteiger partial charge in [0.05, 0.1) is 0 Å². The number of hydrogen-bond donors (Lipinski definition) is 2. The number of urea groups is 1. The van der Waals surface area contributed by atoms with Gasteiger partial charge in [0.2, 0.25) is 0 Å². The molecular weight excluding hydrogens is 267 g/mol. The van der Waals surface area contributed by atoms with Crippen molar-refractivity contribution in [3.63, 3.8) is 0 Å². The van der Waals surface area contributed by atoms with Crippen LogP contribution in [0.2, 0.25) is 0 Å². The molecule has 0 saturated carbocycles. The Balaban J connectivity index is 1.89. The summed E-state index contributed by atoms with van der Waals surface area (Å²) in [6.07, 6.45) is 3.21. The van der Waals surface area contributed by atoms with E-state index in [4.69, 9.17) is 0 Å². The monoisotopic (exact) mass is 284 g/mol. The Morgan fingerprint density at radius 2 is 1.76 bits per heavy atom. The molecule has 0 bridgehead atoms. The standard InChI is InChI=1S/C17H17FN2O/c1-12-3-8-16(11-13(12)2)20-17(21)19-10-9-14-4-6-15(18)7-5-14/h3-11H,1-2H3,(H2,19,20,21)/b10-9+. The molecule has 3 nitrogen and oxygen atoms in total. The second-order valence-electron chi connectivity index (χ2n) is 4.78. The molecule has 0 atom stereocenters. The fraction of sp³-hybridized carbons (Fsp3) is 0.118. The number of rotatable bonds is 3. The van der Waals surface area contributed by atoms with Gasteiger partial charge in [-0.1, -0.05) is 18.2 Å². The fourth-order valence-electron chi connectivity index (χ4n) is 1.77. The molecule has 0 heterocycles. The average Bonchev–Trinajstić information content (AvgIpc) is 2.45. The van der Waals surface area contributed by atoms with Crippen molar-refractivity contribution < 1.29 is 9.18 Å². The van der Waals surface area contributed by atoms with E-state index in [1.54, 1.807) is 18.2 Å². The van der Waals surface area contributed by atoms with E-state index >= 15 is 0 Å². The molecule has 2 aromatic rings. The number of carbonyl (C=O) groups excluding carboxylic acids is 1. The first kappa shape index (κ1) is 14.8. The molecule has 2 amide bonds. The number of halogens is 1. The fourth-order valence-corrected chi connectivity index (χ4v) is 1.77. The van der Waals surface area contributed by atoms with Crippen molar-refractivity contribution in [2.45, 2.75) is 13.8 Å². The Morgan fingerprint density at radius 3 is 2.43 bits per heavy atom. The quantitative estimate of drug-likeness (QED) is 0.870. The largest absolute Gasteiger partial charge is 0.323 e. The van der Waals surface area contributed by atoms with Crippen LogP contribution in [0.25, 0.3) is 6.08 Å². The predicted molar refractivity (Wildman–Crippen MR) is 83.5 cm³/mol. The highest BCUT2D eigenvalue weighted by atomic mass is 19.1. The van der Waals surface area contributed by atoms with Crippen LogP contribution in [0.1, 0.15) is 16.7 Å². The molecular formula is C17H17FN2O. The van der Waals surface area contributed by atoms with Crippen LogP contribution in [0.3, 0.4) is 0 Å². The molecule has 0 fully saturated rings. The Bertz CT molecular complexity index is 663. The first-order chi connectivity index (χ1) is 10.0. The molecule has 0 aromatic heterocycles. The van der Waals surface area contributed by atoms with Gasteiger partial charge >= 0.3 is 6.03 Å². The molecule has 0 aliphatic heterocycles. The third kappa shape index (κ3) is 4.45. The lowest BCUT2D eigenvalue weighted by atomic mass is 10.1. The average molecular weight is 284 g/mol. The van der Waals surface area contributed by atoms with Gasteiger partial charge in [-0.25, -0.2) is 9.18 Å². The van der Waals surface area contributed by atoms with Crippen LogP contribution in [0, 0.1) is 19.7 Å². The summed E-state index contributed by atoms with van der Waals surface area (Å²) in [5.41, 5.74) is 3.85. The summed E-state index contributed by atoms with van der Waals surface area (Å²) >= 11 is 0. The number of benzene rings is 2. The maximum atomic E-state index is 12.7. The highest BCUT2D eigenvalue weighted by Gasteiger charge is 2.00. The van der Waals surface area contributed by atoms with Crippen molar-refractivity contribution in [3.05, 3.63) is 71.2 Å². The van der Waals surface area contributed by atoms with Crippen molar-refractivity contribution in [1.29, 1.82) is 0 Å². The molecule has 0 aliphatic carbocycles. The van der Waals surface area contributed by atoms with E-state index in [0.29, 0.717) is 0 Å². The van der Waals surface area contributed by atoms with Crippen molar-refractivity contribution >= 4 is 17.8 Å². The van der Waals surface area contributed by atoms with E-state index < -0.39 is 0 Å². The highest BCUT2D eigenvalue weighted by molar-refractivity contribution is 5.90. The molecule has 2 aromatic carbocycles. The minimum absolute atomic E-state index is 0.285. The number of nitrogens with one attached hydrogen (secondary N) is 2. The zero-order chi connectivity index (χ0) is 15.2. The van der Waals surface area contributed by atoms with Crippen LogP contribution < -0.4 is 10.6 Å². The first-order valence-corrected chi connectivity index (χ1v) is 6.61. The molecule has 21 heavy (non-hydrogen) atoms. The van der Waals surface area contributed by atoms with Gasteiger partial charge in [0.15, 0.2) is 0 Å². The molecule has 2 N–H and O–H groups in total. The van der Waals surface area contributed by atoms with Crippen LogP contribution in [-0.4, -0.2) is 6.03 Å². The van der Waals surface area contributed by atoms with Crippen molar-refractivity contribution in [3.8, 4) is 0 Å². The van der Waals surface area contributed by atoms with Gasteiger partial charge in [-0.2, -0.15) is 0 Å². The lowest BCUT2D eigenvalue weighted by molar-refractivity contribution is 0.255. The lowest BCUT2D eigenvalue weighted by Gasteiger charge is -2.07. The number of carbonyl (C=O) groups is 1. The summed E-state index contributed by atoms with van der Waals surface area (Å²) < 4.78 is 12.7. The van der Waals surface area contributed by atoms with Crippen molar-refractivity contribution in [2.24, 2.45) is 0 Å². The van der Waals surface area contributed by atoms with Gasteiger partial charge in [-0.05, 0) is 60.9 Å². The second-order valence-corrected chi connectivity index (χ2v) is 4.78. The smallest absolute Gasteiger partial charge is 0.314 e. The van der Waals surface area contributed by atoms with Crippen LogP contribution in [-0.2, 0) is 0 Å². The Kier molecular flexibility index (Phi) is 4.72. The van der Waals surface area contributed by atoms with Gasteiger partial charge in [-0.15, -0.1) is 0 Å². The van der Waals surface area contributed by atoms with Gasteiger partial charge in [0.1, 0.15) is 5.82 Å². The topological polar surface area (TPSA) is 41.1 Å². The SMILES string of the molecule is Cc1ccc(NC(=O)N/C=C/c2ccc(F)cc2)cc1C. The Labute approximate surface area is 123 Å². The van der Waals surface area contributed by atoms with Crippen LogP contribution in [0.5, 0.6) is 0 Å². The van der Waals surface area contributed by atoms with Crippen LogP contribution in [0.15, 0.2) is 48.7 Å². The van der Waals surface area contributed by atoms with E-state index in [1.807, 2.05) is 32.0 Å². The first-order valence-electron chi connectivity index (χ1n) is 6.61. The van der Waals surface area contributed by atoms with E-state index in [-0.39, 0.29) is 11.8 Å². The van der Waals surface area contributed by atoms with Crippen LogP contribution in [0.4, 0.5) is 14.9 Å². The highest BCUT2D eigenvalue weighted by Crippen LogP contribution is 2.13. The van der Waals surface area contributed by atoms with E-state index in [9.17, 15) is 9.18 Å². The van der Waals surface area contributed by atoms with E-state index in [0.717, 1.165) is 16.8 Å². The molecule has 0 aliphatic rings. The van der Waals surface area contributed by atoms with Gasteiger partial charge in [0.25, 0.3) is 0 Å².